The first-order valence-electron chi connectivity index (χ1n) is 5.74. The van der Waals surface area contributed by atoms with Crippen molar-refractivity contribution in [2.75, 3.05) is 0 Å². The molecule has 2 aliphatic rings. The van der Waals surface area contributed by atoms with Crippen LogP contribution in [0.1, 0.15) is 36.4 Å². The zero-order valence-electron chi connectivity index (χ0n) is 8.82. The van der Waals surface area contributed by atoms with E-state index in [1.54, 1.807) is 0 Å². The van der Waals surface area contributed by atoms with Gasteiger partial charge in [0.1, 0.15) is 0 Å². The van der Waals surface area contributed by atoms with E-state index in [1.807, 2.05) is 12.3 Å². The zero-order valence-corrected chi connectivity index (χ0v) is 8.82. The number of aryl methyl sites for hydroxylation is 1. The average molecular weight is 200 g/mol. The van der Waals surface area contributed by atoms with Gasteiger partial charge in [0.05, 0.1) is 5.69 Å². The van der Waals surface area contributed by atoms with E-state index in [-0.39, 0.29) is 6.04 Å². The van der Waals surface area contributed by atoms with Crippen molar-refractivity contribution >= 4 is 0 Å². The minimum atomic E-state index is 0.285. The van der Waals surface area contributed by atoms with Crippen LogP contribution in [-0.2, 0) is 6.42 Å². The van der Waals surface area contributed by atoms with Gasteiger partial charge in [-0.15, -0.1) is 0 Å². The second kappa shape index (κ2) is 3.46. The van der Waals surface area contributed by atoms with Gasteiger partial charge >= 0.3 is 0 Å². The Balaban J connectivity index is 1.94. The van der Waals surface area contributed by atoms with Gasteiger partial charge < -0.3 is 5.73 Å². The number of allylic oxidation sites excluding steroid dienone is 1. The van der Waals surface area contributed by atoms with E-state index in [1.165, 1.54) is 36.1 Å². The van der Waals surface area contributed by atoms with Crippen LogP contribution in [0.15, 0.2) is 30.0 Å². The van der Waals surface area contributed by atoms with E-state index in [4.69, 9.17) is 5.73 Å². The Morgan fingerprint density at radius 1 is 1.27 bits per heavy atom. The van der Waals surface area contributed by atoms with Crippen LogP contribution in [0.25, 0.3) is 0 Å². The Kier molecular flexibility index (Phi) is 2.10. The molecule has 2 atom stereocenters. The van der Waals surface area contributed by atoms with Gasteiger partial charge in [0.15, 0.2) is 0 Å². The summed E-state index contributed by atoms with van der Waals surface area (Å²) >= 11 is 0. The van der Waals surface area contributed by atoms with Crippen molar-refractivity contribution in [3.8, 4) is 0 Å². The second-order valence-corrected chi connectivity index (χ2v) is 4.58. The Hall–Kier alpha value is -1.15. The smallest absolute Gasteiger partial charge is 0.0506 e. The van der Waals surface area contributed by atoms with E-state index in [0.29, 0.717) is 5.92 Å². The van der Waals surface area contributed by atoms with E-state index in [2.05, 4.69) is 17.1 Å². The lowest BCUT2D eigenvalue weighted by atomic mass is 9.96. The third kappa shape index (κ3) is 1.49. The zero-order chi connectivity index (χ0) is 10.3. The highest BCUT2D eigenvalue weighted by Gasteiger charge is 2.28. The Labute approximate surface area is 90.2 Å². The predicted octanol–water partition coefficient (Wildman–Crippen LogP) is 2.16. The molecule has 0 amide bonds. The molecular formula is C13H16N2. The maximum Gasteiger partial charge on any atom is 0.0506 e. The molecule has 2 N–H and O–H groups in total. The molecule has 1 aromatic rings. The molecule has 0 bridgehead atoms. The molecule has 0 fully saturated rings. The molecular weight excluding hydrogens is 184 g/mol. The van der Waals surface area contributed by atoms with Gasteiger partial charge in [-0.05, 0) is 37.3 Å². The van der Waals surface area contributed by atoms with Crippen molar-refractivity contribution < 1.29 is 0 Å². The summed E-state index contributed by atoms with van der Waals surface area (Å²) in [4.78, 5) is 4.53. The molecule has 0 saturated heterocycles. The van der Waals surface area contributed by atoms with Gasteiger partial charge in [0.2, 0.25) is 0 Å². The van der Waals surface area contributed by atoms with Crippen LogP contribution in [-0.4, -0.2) is 11.0 Å². The van der Waals surface area contributed by atoms with Gasteiger partial charge in [0.25, 0.3) is 0 Å². The van der Waals surface area contributed by atoms with Gasteiger partial charge in [-0.3, -0.25) is 4.98 Å². The molecule has 2 heteroatoms. The first-order chi connectivity index (χ1) is 7.34. The topological polar surface area (TPSA) is 38.9 Å². The van der Waals surface area contributed by atoms with Crippen molar-refractivity contribution in [1.82, 2.24) is 4.98 Å². The van der Waals surface area contributed by atoms with Crippen LogP contribution in [0.5, 0.6) is 0 Å². The van der Waals surface area contributed by atoms with Crippen LogP contribution >= 0.6 is 0 Å². The highest BCUT2D eigenvalue weighted by atomic mass is 14.7. The monoisotopic (exact) mass is 200 g/mol. The summed E-state index contributed by atoms with van der Waals surface area (Å²) in [5.41, 5.74) is 10.2. The minimum Gasteiger partial charge on any atom is -0.324 e. The first kappa shape index (κ1) is 9.10. The summed E-state index contributed by atoms with van der Waals surface area (Å²) in [6.07, 6.45) is 8.86. The standard InChI is InChI=1S/C13H16N2/c14-11-5-3-10(8-11)12-6-4-9-2-1-7-15-13(9)12/h1-2,7-8,11-12H,3-6,14H2. The number of hydrogen-bond donors (Lipinski definition) is 1. The van der Waals surface area contributed by atoms with Gasteiger partial charge in [-0.2, -0.15) is 0 Å². The fraction of sp³-hybridized carbons (Fsp3) is 0.462. The van der Waals surface area contributed by atoms with Crippen LogP contribution in [0, 0.1) is 0 Å². The maximum atomic E-state index is 5.92. The molecule has 0 aliphatic heterocycles. The summed E-state index contributed by atoms with van der Waals surface area (Å²) in [7, 11) is 0. The van der Waals surface area contributed by atoms with Crippen LogP contribution in [0.4, 0.5) is 0 Å². The lowest BCUT2D eigenvalue weighted by Crippen LogP contribution is -2.11. The van der Waals surface area contributed by atoms with E-state index < -0.39 is 0 Å². The third-order valence-electron chi connectivity index (χ3n) is 3.60. The molecule has 1 aromatic heterocycles. The number of nitrogens with two attached hydrogens (primary N) is 1. The Morgan fingerprint density at radius 3 is 3.00 bits per heavy atom. The number of pyridine rings is 1. The van der Waals surface area contributed by atoms with Gasteiger partial charge in [0, 0.05) is 18.2 Å². The number of rotatable bonds is 1. The fourth-order valence-corrected chi connectivity index (χ4v) is 2.84. The van der Waals surface area contributed by atoms with Gasteiger partial charge in [-0.1, -0.05) is 17.7 Å². The number of hydrogen-bond acceptors (Lipinski definition) is 2. The summed E-state index contributed by atoms with van der Waals surface area (Å²) in [6.45, 7) is 0. The van der Waals surface area contributed by atoms with E-state index in [9.17, 15) is 0 Å². The molecule has 0 aromatic carbocycles. The molecule has 0 radical (unpaired) electrons. The van der Waals surface area contributed by atoms with Crippen LogP contribution in [0.3, 0.4) is 0 Å². The van der Waals surface area contributed by atoms with Crippen molar-refractivity contribution in [3.05, 3.63) is 41.2 Å². The third-order valence-corrected chi connectivity index (χ3v) is 3.60. The lowest BCUT2D eigenvalue weighted by molar-refractivity contribution is 0.710. The predicted molar refractivity (Wildman–Crippen MR) is 60.6 cm³/mol. The number of aromatic nitrogens is 1. The Morgan fingerprint density at radius 2 is 2.20 bits per heavy atom. The van der Waals surface area contributed by atoms with Crippen molar-refractivity contribution in [3.63, 3.8) is 0 Å². The molecule has 0 saturated carbocycles. The molecule has 0 spiro atoms. The fourth-order valence-electron chi connectivity index (χ4n) is 2.84. The normalized spacial score (nSPS) is 29.0. The molecule has 3 rings (SSSR count). The van der Waals surface area contributed by atoms with Crippen LogP contribution in [0.2, 0.25) is 0 Å². The molecule has 2 nitrogen and oxygen atoms in total. The molecule has 15 heavy (non-hydrogen) atoms. The molecule has 2 unspecified atom stereocenters. The van der Waals surface area contributed by atoms with E-state index in [0.717, 1.165) is 6.42 Å². The first-order valence-corrected chi connectivity index (χ1v) is 5.74. The molecule has 78 valence electrons. The molecule has 2 aliphatic carbocycles. The second-order valence-electron chi connectivity index (χ2n) is 4.58. The average Bonchev–Trinajstić information content (AvgIpc) is 2.83. The van der Waals surface area contributed by atoms with Crippen molar-refractivity contribution in [2.45, 2.75) is 37.6 Å². The van der Waals surface area contributed by atoms with Gasteiger partial charge in [-0.25, -0.2) is 0 Å². The van der Waals surface area contributed by atoms with Crippen molar-refractivity contribution in [2.24, 2.45) is 5.73 Å². The largest absolute Gasteiger partial charge is 0.324 e. The SMILES string of the molecule is NC1C=C(C2CCc3cccnc32)CC1. The highest BCUT2D eigenvalue weighted by molar-refractivity contribution is 5.37. The summed E-state index contributed by atoms with van der Waals surface area (Å²) < 4.78 is 0. The number of fused-ring (bicyclic) bond motifs is 1. The molecule has 1 heterocycles. The van der Waals surface area contributed by atoms with Crippen molar-refractivity contribution in [1.29, 1.82) is 0 Å². The minimum absolute atomic E-state index is 0.285. The summed E-state index contributed by atoms with van der Waals surface area (Å²) in [6, 6.07) is 4.53. The Bertz CT molecular complexity index is 409. The maximum absolute atomic E-state index is 5.92. The van der Waals surface area contributed by atoms with E-state index >= 15 is 0 Å². The quantitative estimate of drug-likeness (QED) is 0.705. The summed E-state index contributed by atoms with van der Waals surface area (Å²) in [5.74, 6) is 0.565. The lowest BCUT2D eigenvalue weighted by Gasteiger charge is -2.11. The number of nitrogens with zero attached hydrogens (tertiary/aromatic N) is 1. The highest BCUT2D eigenvalue weighted by Crippen LogP contribution is 2.40. The summed E-state index contributed by atoms with van der Waals surface area (Å²) in [5, 5.41) is 0. The van der Waals surface area contributed by atoms with Crippen LogP contribution < -0.4 is 5.73 Å².